The molecule has 1 heterocycles. The fourth-order valence-corrected chi connectivity index (χ4v) is 3.20. The van der Waals surface area contributed by atoms with Crippen molar-refractivity contribution in [3.8, 4) is 11.5 Å². The van der Waals surface area contributed by atoms with E-state index in [-0.39, 0.29) is 5.91 Å². The van der Waals surface area contributed by atoms with E-state index in [1.54, 1.807) is 42.3 Å². The minimum absolute atomic E-state index is 0.00808. The number of hydrogen-bond donors (Lipinski definition) is 2. The number of carbonyl (C=O) groups excluding carboxylic acids is 2. The third kappa shape index (κ3) is 4.45. The monoisotopic (exact) mass is 397 g/mol. The number of carbonyl (C=O) groups is 2. The Morgan fingerprint density at radius 3 is 2.69 bits per heavy atom. The van der Waals surface area contributed by atoms with Crippen LogP contribution in [0.2, 0.25) is 0 Å². The van der Waals surface area contributed by atoms with Crippen LogP contribution in [0.5, 0.6) is 11.5 Å². The summed E-state index contributed by atoms with van der Waals surface area (Å²) in [6, 6.07) is 12.1. The van der Waals surface area contributed by atoms with Gasteiger partial charge in [0.2, 0.25) is 5.91 Å². The number of fused-ring (bicyclic) bond motifs is 1. The number of hydrogen-bond acceptors (Lipinski definition) is 4. The molecule has 2 aromatic rings. The average molecular weight is 397 g/mol. The summed E-state index contributed by atoms with van der Waals surface area (Å²) in [7, 11) is 1.55. The number of nitrogens with zero attached hydrogens (tertiary/aromatic N) is 1. The van der Waals surface area contributed by atoms with Gasteiger partial charge in [0.15, 0.2) is 0 Å². The minimum atomic E-state index is -0.622. The number of para-hydroxylation sites is 2. The van der Waals surface area contributed by atoms with Crippen molar-refractivity contribution in [2.24, 2.45) is 5.41 Å². The SMILES string of the molecule is CCCN1C(=O)C(C)(C)COc2ccc(NC(=O)Nc3ccccc3OC)cc21. The van der Waals surface area contributed by atoms with Crippen molar-refractivity contribution < 1.29 is 19.1 Å². The van der Waals surface area contributed by atoms with Gasteiger partial charge in [-0.2, -0.15) is 0 Å². The number of anilines is 3. The number of nitrogens with one attached hydrogen (secondary N) is 2. The van der Waals surface area contributed by atoms with Crippen LogP contribution in [0.1, 0.15) is 27.2 Å². The molecule has 0 fully saturated rings. The van der Waals surface area contributed by atoms with Crippen molar-refractivity contribution in [2.75, 3.05) is 35.8 Å². The molecular weight excluding hydrogens is 370 g/mol. The van der Waals surface area contributed by atoms with Crippen molar-refractivity contribution in [2.45, 2.75) is 27.2 Å². The van der Waals surface area contributed by atoms with E-state index >= 15 is 0 Å². The van der Waals surface area contributed by atoms with Crippen LogP contribution >= 0.6 is 0 Å². The summed E-state index contributed by atoms with van der Waals surface area (Å²) in [5.74, 6) is 1.21. The molecule has 0 bridgehead atoms. The molecule has 0 radical (unpaired) electrons. The van der Waals surface area contributed by atoms with Crippen molar-refractivity contribution in [1.82, 2.24) is 0 Å². The maximum atomic E-state index is 13.0. The maximum absolute atomic E-state index is 13.0. The molecule has 154 valence electrons. The summed E-state index contributed by atoms with van der Waals surface area (Å²) < 4.78 is 11.1. The predicted molar refractivity (Wildman–Crippen MR) is 114 cm³/mol. The third-order valence-corrected chi connectivity index (χ3v) is 4.72. The van der Waals surface area contributed by atoms with Crippen LogP contribution in [0.25, 0.3) is 0 Å². The topological polar surface area (TPSA) is 79.9 Å². The summed E-state index contributed by atoms with van der Waals surface area (Å²) >= 11 is 0. The van der Waals surface area contributed by atoms with E-state index in [1.807, 2.05) is 32.9 Å². The Bertz CT molecular complexity index is 911. The van der Waals surface area contributed by atoms with E-state index in [4.69, 9.17) is 9.47 Å². The zero-order valence-corrected chi connectivity index (χ0v) is 17.2. The normalized spacial score (nSPS) is 15.0. The molecule has 0 saturated carbocycles. The van der Waals surface area contributed by atoms with Gasteiger partial charge in [-0.1, -0.05) is 19.1 Å². The van der Waals surface area contributed by atoms with Gasteiger partial charge in [-0.25, -0.2) is 4.79 Å². The van der Waals surface area contributed by atoms with Crippen molar-refractivity contribution in [1.29, 1.82) is 0 Å². The summed E-state index contributed by atoms with van der Waals surface area (Å²) in [5.41, 5.74) is 1.17. The Balaban J connectivity index is 1.83. The first-order valence-corrected chi connectivity index (χ1v) is 9.65. The van der Waals surface area contributed by atoms with Crippen LogP contribution in [0.3, 0.4) is 0 Å². The molecule has 3 amide bonds. The molecule has 0 spiro atoms. The molecule has 7 heteroatoms. The number of ether oxygens (including phenoxy) is 2. The lowest BCUT2D eigenvalue weighted by Gasteiger charge is -2.27. The van der Waals surface area contributed by atoms with Crippen LogP contribution in [-0.2, 0) is 4.79 Å². The Morgan fingerprint density at radius 2 is 1.97 bits per heavy atom. The zero-order chi connectivity index (χ0) is 21.0. The van der Waals surface area contributed by atoms with E-state index in [2.05, 4.69) is 10.6 Å². The summed E-state index contributed by atoms with van der Waals surface area (Å²) in [4.78, 5) is 27.2. The molecule has 0 unspecified atom stereocenters. The molecule has 7 nitrogen and oxygen atoms in total. The Hall–Kier alpha value is -3.22. The van der Waals surface area contributed by atoms with E-state index in [0.29, 0.717) is 41.7 Å². The first-order valence-electron chi connectivity index (χ1n) is 9.65. The first-order chi connectivity index (χ1) is 13.9. The fourth-order valence-electron chi connectivity index (χ4n) is 3.20. The lowest BCUT2D eigenvalue weighted by Crippen LogP contribution is -2.42. The van der Waals surface area contributed by atoms with Gasteiger partial charge in [0.05, 0.1) is 23.9 Å². The van der Waals surface area contributed by atoms with Gasteiger partial charge in [-0.3, -0.25) is 4.79 Å². The Kier molecular flexibility index (Phi) is 5.96. The summed E-state index contributed by atoms with van der Waals surface area (Å²) in [5, 5.41) is 5.59. The second kappa shape index (κ2) is 8.43. The molecule has 1 aliphatic rings. The average Bonchev–Trinajstić information content (AvgIpc) is 2.79. The van der Waals surface area contributed by atoms with Crippen LogP contribution in [-0.4, -0.2) is 32.2 Å². The van der Waals surface area contributed by atoms with Gasteiger partial charge < -0.3 is 25.0 Å². The smallest absolute Gasteiger partial charge is 0.323 e. The number of amides is 3. The zero-order valence-electron chi connectivity index (χ0n) is 17.2. The molecular formula is C22H27N3O4. The summed E-state index contributed by atoms with van der Waals surface area (Å²) in [6.07, 6.45) is 0.813. The maximum Gasteiger partial charge on any atom is 0.323 e. The molecule has 0 saturated heterocycles. The third-order valence-electron chi connectivity index (χ3n) is 4.72. The molecule has 1 aliphatic heterocycles. The van der Waals surface area contributed by atoms with Crippen molar-refractivity contribution in [3.63, 3.8) is 0 Å². The molecule has 0 aliphatic carbocycles. The predicted octanol–water partition coefficient (Wildman–Crippen LogP) is 4.50. The second-order valence-electron chi connectivity index (χ2n) is 7.59. The standard InChI is InChI=1S/C22H27N3O4/c1-5-12-25-17-13-15(10-11-19(17)29-14-22(2,3)20(25)26)23-21(27)24-16-8-6-7-9-18(16)28-4/h6-11,13H,5,12,14H2,1-4H3,(H2,23,24,27). The Labute approximate surface area is 171 Å². The largest absolute Gasteiger partial charge is 0.495 e. The van der Waals surface area contributed by atoms with Crippen LogP contribution in [0, 0.1) is 5.41 Å². The Morgan fingerprint density at radius 1 is 1.21 bits per heavy atom. The lowest BCUT2D eigenvalue weighted by atomic mass is 9.93. The van der Waals surface area contributed by atoms with E-state index in [9.17, 15) is 9.59 Å². The van der Waals surface area contributed by atoms with Crippen LogP contribution in [0.15, 0.2) is 42.5 Å². The molecule has 2 N–H and O–H groups in total. The van der Waals surface area contributed by atoms with E-state index in [0.717, 1.165) is 6.42 Å². The molecule has 0 aromatic heterocycles. The van der Waals surface area contributed by atoms with Gasteiger partial charge in [-0.15, -0.1) is 0 Å². The quantitative estimate of drug-likeness (QED) is 0.778. The first kappa shape index (κ1) is 20.5. The van der Waals surface area contributed by atoms with E-state index < -0.39 is 11.4 Å². The molecule has 3 rings (SSSR count). The highest BCUT2D eigenvalue weighted by atomic mass is 16.5. The van der Waals surface area contributed by atoms with Gasteiger partial charge in [-0.05, 0) is 50.6 Å². The second-order valence-corrected chi connectivity index (χ2v) is 7.59. The number of rotatable bonds is 5. The van der Waals surface area contributed by atoms with Crippen LogP contribution < -0.4 is 25.0 Å². The van der Waals surface area contributed by atoms with Gasteiger partial charge in [0, 0.05) is 12.2 Å². The number of methoxy groups -OCH3 is 1. The lowest BCUT2D eigenvalue weighted by molar-refractivity contribution is -0.127. The van der Waals surface area contributed by atoms with E-state index in [1.165, 1.54) is 0 Å². The van der Waals surface area contributed by atoms with Crippen molar-refractivity contribution >= 4 is 29.0 Å². The van der Waals surface area contributed by atoms with Gasteiger partial charge in [0.1, 0.15) is 18.1 Å². The van der Waals surface area contributed by atoms with Gasteiger partial charge in [0.25, 0.3) is 0 Å². The number of benzene rings is 2. The fraction of sp³-hybridized carbons (Fsp3) is 0.364. The highest BCUT2D eigenvalue weighted by Gasteiger charge is 2.37. The van der Waals surface area contributed by atoms with Gasteiger partial charge >= 0.3 is 6.03 Å². The molecule has 0 atom stereocenters. The molecule has 2 aromatic carbocycles. The minimum Gasteiger partial charge on any atom is -0.495 e. The highest BCUT2D eigenvalue weighted by molar-refractivity contribution is 6.03. The van der Waals surface area contributed by atoms with Crippen molar-refractivity contribution in [3.05, 3.63) is 42.5 Å². The number of urea groups is 1. The highest BCUT2D eigenvalue weighted by Crippen LogP contribution is 2.38. The van der Waals surface area contributed by atoms with Crippen LogP contribution in [0.4, 0.5) is 21.9 Å². The molecule has 29 heavy (non-hydrogen) atoms. The summed E-state index contributed by atoms with van der Waals surface area (Å²) in [6.45, 7) is 6.66.